The molecule has 2 rings (SSSR count). The number of hydrogen-bond acceptors (Lipinski definition) is 3. The van der Waals surface area contributed by atoms with Crippen molar-refractivity contribution >= 4 is 5.91 Å². The number of carbonyl (C=O) groups excluding carboxylic acids is 1. The molecule has 5 nitrogen and oxygen atoms in total. The first-order chi connectivity index (χ1) is 11.1. The van der Waals surface area contributed by atoms with Crippen LogP contribution in [-0.2, 0) is 20.0 Å². The Morgan fingerprint density at radius 2 is 2.22 bits per heavy atom. The summed E-state index contributed by atoms with van der Waals surface area (Å²) < 4.78 is 7.22. The normalized spacial score (nSPS) is 10.9. The molecule has 0 radical (unpaired) electrons. The summed E-state index contributed by atoms with van der Waals surface area (Å²) in [5.41, 5.74) is 2.48. The second kappa shape index (κ2) is 8.17. The van der Waals surface area contributed by atoms with E-state index in [0.29, 0.717) is 18.8 Å². The quantitative estimate of drug-likeness (QED) is 0.800. The van der Waals surface area contributed by atoms with Crippen molar-refractivity contribution in [1.29, 1.82) is 0 Å². The third-order valence-corrected chi connectivity index (χ3v) is 3.46. The van der Waals surface area contributed by atoms with Crippen LogP contribution in [0, 0.1) is 0 Å². The summed E-state index contributed by atoms with van der Waals surface area (Å²) in [5.74, 6) is 0.670. The molecule has 1 amide bonds. The number of nitrogens with zero attached hydrogens (tertiary/aromatic N) is 2. The van der Waals surface area contributed by atoms with E-state index in [0.717, 1.165) is 23.4 Å². The summed E-state index contributed by atoms with van der Waals surface area (Å²) in [7, 11) is 1.78. The predicted molar refractivity (Wildman–Crippen MR) is 90.5 cm³/mol. The van der Waals surface area contributed by atoms with Gasteiger partial charge in [0.25, 0.3) is 5.91 Å². The number of aryl methyl sites for hydroxylation is 2. The fraction of sp³-hybridized carbons (Fsp3) is 0.333. The van der Waals surface area contributed by atoms with E-state index in [1.165, 1.54) is 0 Å². The Kier molecular flexibility index (Phi) is 5.97. The van der Waals surface area contributed by atoms with Gasteiger partial charge in [0, 0.05) is 13.6 Å². The molecule has 1 aromatic carbocycles. The maximum atomic E-state index is 12.3. The van der Waals surface area contributed by atoms with Gasteiger partial charge in [-0.1, -0.05) is 31.2 Å². The Bertz CT molecular complexity index is 689. The standard InChI is InChI=1S/C18H23N3O2/c1-4-6-10-23-16-9-7-8-14(11-16)13-19-18(22)17-12-15(5-2)20-21(17)3/h4,6-9,11-12H,5,10,13H2,1-3H3,(H,19,22). The maximum Gasteiger partial charge on any atom is 0.269 e. The smallest absolute Gasteiger partial charge is 0.269 e. The fourth-order valence-electron chi connectivity index (χ4n) is 2.17. The summed E-state index contributed by atoms with van der Waals surface area (Å²) in [6.45, 7) is 4.97. The average Bonchev–Trinajstić information content (AvgIpc) is 2.94. The highest BCUT2D eigenvalue weighted by atomic mass is 16.5. The number of carbonyl (C=O) groups is 1. The number of rotatable bonds is 7. The van der Waals surface area contributed by atoms with E-state index in [-0.39, 0.29) is 5.91 Å². The van der Waals surface area contributed by atoms with Crippen LogP contribution < -0.4 is 10.1 Å². The number of benzene rings is 1. The van der Waals surface area contributed by atoms with Gasteiger partial charge in [-0.15, -0.1) is 0 Å². The number of aromatic nitrogens is 2. The molecule has 0 fully saturated rings. The van der Waals surface area contributed by atoms with Crippen LogP contribution in [0.2, 0.25) is 0 Å². The van der Waals surface area contributed by atoms with E-state index >= 15 is 0 Å². The van der Waals surface area contributed by atoms with Gasteiger partial charge in [-0.05, 0) is 37.1 Å². The van der Waals surface area contributed by atoms with Crippen molar-refractivity contribution in [3.05, 3.63) is 59.4 Å². The molecule has 0 aliphatic carbocycles. The highest BCUT2D eigenvalue weighted by Crippen LogP contribution is 2.13. The minimum absolute atomic E-state index is 0.125. The van der Waals surface area contributed by atoms with Crippen LogP contribution in [0.3, 0.4) is 0 Å². The van der Waals surface area contributed by atoms with Crippen molar-refractivity contribution in [2.45, 2.75) is 26.8 Å². The number of hydrogen-bond donors (Lipinski definition) is 1. The van der Waals surface area contributed by atoms with Gasteiger partial charge in [0.05, 0.1) is 5.69 Å². The molecule has 1 heterocycles. The molecule has 0 aliphatic rings. The minimum Gasteiger partial charge on any atom is -0.490 e. The van der Waals surface area contributed by atoms with E-state index in [1.54, 1.807) is 11.7 Å². The van der Waals surface area contributed by atoms with Crippen LogP contribution in [0.25, 0.3) is 0 Å². The first-order valence-electron chi connectivity index (χ1n) is 7.78. The Labute approximate surface area is 137 Å². The average molecular weight is 313 g/mol. The second-order valence-corrected chi connectivity index (χ2v) is 5.21. The van der Waals surface area contributed by atoms with Crippen LogP contribution in [0.5, 0.6) is 5.75 Å². The zero-order valence-electron chi connectivity index (χ0n) is 13.9. The molecule has 0 unspecified atom stereocenters. The van der Waals surface area contributed by atoms with E-state index in [1.807, 2.05) is 56.3 Å². The molecule has 23 heavy (non-hydrogen) atoms. The fourth-order valence-corrected chi connectivity index (χ4v) is 2.17. The summed E-state index contributed by atoms with van der Waals surface area (Å²) in [6, 6.07) is 9.55. The Morgan fingerprint density at radius 1 is 1.39 bits per heavy atom. The third kappa shape index (κ3) is 4.71. The van der Waals surface area contributed by atoms with E-state index < -0.39 is 0 Å². The van der Waals surface area contributed by atoms with Gasteiger partial charge in [-0.2, -0.15) is 5.10 Å². The predicted octanol–water partition coefficient (Wildman–Crippen LogP) is 2.87. The maximum absolute atomic E-state index is 12.3. The van der Waals surface area contributed by atoms with Gasteiger partial charge >= 0.3 is 0 Å². The summed E-state index contributed by atoms with van der Waals surface area (Å²) in [6.07, 6.45) is 4.71. The molecular weight excluding hydrogens is 290 g/mol. The van der Waals surface area contributed by atoms with Gasteiger partial charge < -0.3 is 10.1 Å². The molecule has 0 saturated carbocycles. The summed E-state index contributed by atoms with van der Waals surface area (Å²) in [4.78, 5) is 12.3. The molecule has 0 saturated heterocycles. The van der Waals surface area contributed by atoms with Gasteiger partial charge in [-0.3, -0.25) is 9.48 Å². The van der Waals surface area contributed by atoms with Crippen molar-refractivity contribution in [3.8, 4) is 5.75 Å². The number of ether oxygens (including phenoxy) is 1. The molecule has 2 aromatic rings. The van der Waals surface area contributed by atoms with Crippen LogP contribution in [-0.4, -0.2) is 22.3 Å². The molecule has 0 aliphatic heterocycles. The van der Waals surface area contributed by atoms with Crippen LogP contribution in [0.15, 0.2) is 42.5 Å². The van der Waals surface area contributed by atoms with Gasteiger partial charge in [0.15, 0.2) is 0 Å². The molecule has 5 heteroatoms. The first kappa shape index (κ1) is 16.8. The molecule has 0 atom stereocenters. The molecule has 0 bridgehead atoms. The Balaban J connectivity index is 1.95. The zero-order valence-corrected chi connectivity index (χ0v) is 13.9. The summed E-state index contributed by atoms with van der Waals surface area (Å²) in [5, 5.41) is 7.21. The number of allylic oxidation sites excluding steroid dienone is 1. The minimum atomic E-state index is -0.125. The molecule has 0 spiro atoms. The van der Waals surface area contributed by atoms with E-state index in [2.05, 4.69) is 10.4 Å². The van der Waals surface area contributed by atoms with Crippen LogP contribution in [0.1, 0.15) is 35.6 Å². The van der Waals surface area contributed by atoms with E-state index in [4.69, 9.17) is 4.74 Å². The lowest BCUT2D eigenvalue weighted by atomic mass is 10.2. The molecule has 1 aromatic heterocycles. The zero-order chi connectivity index (χ0) is 16.7. The third-order valence-electron chi connectivity index (χ3n) is 3.46. The Morgan fingerprint density at radius 3 is 2.91 bits per heavy atom. The monoisotopic (exact) mass is 313 g/mol. The van der Waals surface area contributed by atoms with Crippen molar-refractivity contribution < 1.29 is 9.53 Å². The SMILES string of the molecule is CC=CCOc1cccc(CNC(=O)c2cc(CC)nn2C)c1. The topological polar surface area (TPSA) is 56.1 Å². The highest BCUT2D eigenvalue weighted by molar-refractivity contribution is 5.92. The van der Waals surface area contributed by atoms with Crippen LogP contribution >= 0.6 is 0 Å². The van der Waals surface area contributed by atoms with Gasteiger partial charge in [-0.25, -0.2) is 0 Å². The summed E-state index contributed by atoms with van der Waals surface area (Å²) >= 11 is 0. The van der Waals surface area contributed by atoms with Crippen molar-refractivity contribution in [3.63, 3.8) is 0 Å². The lowest BCUT2D eigenvalue weighted by Crippen LogP contribution is -2.25. The van der Waals surface area contributed by atoms with Crippen molar-refractivity contribution in [1.82, 2.24) is 15.1 Å². The molecular formula is C18H23N3O2. The highest BCUT2D eigenvalue weighted by Gasteiger charge is 2.12. The van der Waals surface area contributed by atoms with Crippen molar-refractivity contribution in [2.24, 2.45) is 7.05 Å². The second-order valence-electron chi connectivity index (χ2n) is 5.21. The largest absolute Gasteiger partial charge is 0.490 e. The molecule has 122 valence electrons. The lowest BCUT2D eigenvalue weighted by Gasteiger charge is -2.08. The van der Waals surface area contributed by atoms with Crippen LogP contribution in [0.4, 0.5) is 0 Å². The number of amides is 1. The first-order valence-corrected chi connectivity index (χ1v) is 7.78. The van der Waals surface area contributed by atoms with Crippen molar-refractivity contribution in [2.75, 3.05) is 6.61 Å². The number of nitrogens with one attached hydrogen (secondary N) is 1. The lowest BCUT2D eigenvalue weighted by molar-refractivity contribution is 0.0941. The Hall–Kier alpha value is -2.56. The van der Waals surface area contributed by atoms with Gasteiger partial charge in [0.2, 0.25) is 0 Å². The van der Waals surface area contributed by atoms with Gasteiger partial charge in [0.1, 0.15) is 18.1 Å². The van der Waals surface area contributed by atoms with E-state index in [9.17, 15) is 4.79 Å². The molecule has 1 N–H and O–H groups in total.